The van der Waals surface area contributed by atoms with E-state index in [1.54, 1.807) is 10.3 Å². The number of nitrogens with zero attached hydrogens (tertiary/aromatic N) is 2. The molecule has 0 saturated carbocycles. The summed E-state index contributed by atoms with van der Waals surface area (Å²) < 4.78 is 4.60. The number of esters is 1. The van der Waals surface area contributed by atoms with E-state index >= 15 is 0 Å². The molecule has 1 amide bonds. The first kappa shape index (κ1) is 14.6. The summed E-state index contributed by atoms with van der Waals surface area (Å²) in [4.78, 5) is 28.9. The van der Waals surface area contributed by atoms with E-state index in [4.69, 9.17) is 0 Å². The second kappa shape index (κ2) is 7.10. The monoisotopic (exact) mass is 270 g/mol. The molecule has 0 aliphatic heterocycles. The summed E-state index contributed by atoms with van der Waals surface area (Å²) in [6.07, 6.45) is 1.39. The van der Waals surface area contributed by atoms with Crippen LogP contribution in [0.5, 0.6) is 0 Å². The Morgan fingerprint density at radius 1 is 1.44 bits per heavy atom. The van der Waals surface area contributed by atoms with E-state index < -0.39 is 5.97 Å². The number of aromatic nitrogens is 1. The van der Waals surface area contributed by atoms with Gasteiger partial charge in [0.15, 0.2) is 5.69 Å². The number of thiazole rings is 1. The van der Waals surface area contributed by atoms with Crippen LogP contribution in [0.2, 0.25) is 0 Å². The van der Waals surface area contributed by atoms with Gasteiger partial charge in [-0.15, -0.1) is 11.3 Å². The van der Waals surface area contributed by atoms with E-state index in [-0.39, 0.29) is 5.91 Å². The van der Waals surface area contributed by atoms with Crippen molar-refractivity contribution >= 4 is 23.2 Å². The molecule has 0 radical (unpaired) electrons. The minimum atomic E-state index is -0.443. The normalized spacial score (nSPS) is 10.2. The summed E-state index contributed by atoms with van der Waals surface area (Å²) in [5.41, 5.74) is 0.304. The molecule has 0 spiro atoms. The molecule has 0 atom stereocenters. The number of methoxy groups -OCH3 is 1. The van der Waals surface area contributed by atoms with Crippen LogP contribution in [0.25, 0.3) is 0 Å². The third-order valence-corrected chi connectivity index (χ3v) is 3.25. The van der Waals surface area contributed by atoms with Crippen LogP contribution in [0.15, 0.2) is 5.38 Å². The predicted octanol–water partition coefficient (Wildman–Crippen LogP) is 2.08. The molecule has 0 unspecified atom stereocenters. The highest BCUT2D eigenvalue weighted by atomic mass is 32.1. The van der Waals surface area contributed by atoms with Gasteiger partial charge in [-0.05, 0) is 6.42 Å². The fourth-order valence-corrected chi connectivity index (χ4v) is 2.31. The average molecular weight is 270 g/mol. The zero-order valence-corrected chi connectivity index (χ0v) is 11.7. The Bertz CT molecular complexity index is 417. The quantitative estimate of drug-likeness (QED) is 0.743. The molecule has 6 heteroatoms. The van der Waals surface area contributed by atoms with Gasteiger partial charge in [0.25, 0.3) is 0 Å². The highest BCUT2D eigenvalue weighted by molar-refractivity contribution is 7.09. The number of rotatable bonds is 6. The molecular weight excluding hydrogens is 252 g/mol. The first-order valence-electron chi connectivity index (χ1n) is 5.92. The van der Waals surface area contributed by atoms with Crippen molar-refractivity contribution in [2.24, 2.45) is 0 Å². The highest BCUT2D eigenvalue weighted by Crippen LogP contribution is 2.14. The Hall–Kier alpha value is -1.43. The largest absolute Gasteiger partial charge is 0.464 e. The lowest BCUT2D eigenvalue weighted by Crippen LogP contribution is -2.30. The van der Waals surface area contributed by atoms with Gasteiger partial charge in [0.05, 0.1) is 13.7 Å². The van der Waals surface area contributed by atoms with E-state index in [0.29, 0.717) is 25.2 Å². The van der Waals surface area contributed by atoms with Crippen LogP contribution in [0, 0.1) is 0 Å². The first-order valence-corrected chi connectivity index (χ1v) is 6.80. The lowest BCUT2D eigenvalue weighted by Gasteiger charge is -2.20. The van der Waals surface area contributed by atoms with Gasteiger partial charge >= 0.3 is 5.97 Å². The topological polar surface area (TPSA) is 59.5 Å². The van der Waals surface area contributed by atoms with Gasteiger partial charge in [-0.2, -0.15) is 0 Å². The molecule has 0 N–H and O–H groups in total. The number of hydrogen-bond acceptors (Lipinski definition) is 5. The number of amides is 1. The third-order valence-electron chi connectivity index (χ3n) is 2.42. The minimum Gasteiger partial charge on any atom is -0.464 e. The molecule has 5 nitrogen and oxygen atoms in total. The summed E-state index contributed by atoms with van der Waals surface area (Å²) in [5.74, 6) is -0.340. The first-order chi connectivity index (χ1) is 8.62. The van der Waals surface area contributed by atoms with Gasteiger partial charge in [0.1, 0.15) is 5.01 Å². The number of ether oxygens (including phenoxy) is 1. The van der Waals surface area contributed by atoms with E-state index in [1.165, 1.54) is 18.4 Å². The molecule has 18 heavy (non-hydrogen) atoms. The molecule has 0 aliphatic rings. The van der Waals surface area contributed by atoms with E-state index in [1.807, 2.05) is 13.8 Å². The Balaban J connectivity index is 2.72. The maximum Gasteiger partial charge on any atom is 0.357 e. The molecular formula is C12H18N2O3S. The van der Waals surface area contributed by atoms with Crippen LogP contribution in [0.4, 0.5) is 0 Å². The molecule has 1 heterocycles. The smallest absolute Gasteiger partial charge is 0.357 e. The van der Waals surface area contributed by atoms with Crippen molar-refractivity contribution in [3.05, 3.63) is 16.1 Å². The average Bonchev–Trinajstić information content (AvgIpc) is 2.85. The number of hydrogen-bond donors (Lipinski definition) is 0. The molecule has 0 saturated heterocycles. The lowest BCUT2D eigenvalue weighted by molar-refractivity contribution is -0.131. The molecule has 1 rings (SSSR count). The fourth-order valence-electron chi connectivity index (χ4n) is 1.53. The van der Waals surface area contributed by atoms with E-state index in [2.05, 4.69) is 9.72 Å². The Kier molecular flexibility index (Phi) is 5.77. The van der Waals surface area contributed by atoms with Crippen LogP contribution in [0.1, 0.15) is 42.2 Å². The lowest BCUT2D eigenvalue weighted by atomic mass is 10.3. The zero-order valence-electron chi connectivity index (χ0n) is 10.9. The summed E-state index contributed by atoms with van der Waals surface area (Å²) in [6.45, 7) is 5.03. The van der Waals surface area contributed by atoms with Crippen molar-refractivity contribution < 1.29 is 14.3 Å². The molecule has 0 fully saturated rings. The number of carbonyl (C=O) groups is 2. The SMILES string of the molecule is CCCN(Cc1nc(C(=O)OC)cs1)C(=O)CC. The van der Waals surface area contributed by atoms with Crippen LogP contribution in [-0.2, 0) is 16.1 Å². The minimum absolute atomic E-state index is 0.103. The summed E-state index contributed by atoms with van der Waals surface area (Å²) in [7, 11) is 1.32. The maximum absolute atomic E-state index is 11.7. The van der Waals surface area contributed by atoms with Crippen LogP contribution >= 0.6 is 11.3 Å². The van der Waals surface area contributed by atoms with E-state index in [0.717, 1.165) is 11.4 Å². The maximum atomic E-state index is 11.7. The molecule has 1 aromatic rings. The molecule has 1 aromatic heterocycles. The van der Waals surface area contributed by atoms with Gasteiger partial charge in [-0.25, -0.2) is 9.78 Å². The fraction of sp³-hybridized carbons (Fsp3) is 0.583. The van der Waals surface area contributed by atoms with Crippen LogP contribution < -0.4 is 0 Å². The summed E-state index contributed by atoms with van der Waals surface area (Å²) in [6, 6.07) is 0. The second-order valence-corrected chi connectivity index (χ2v) is 4.73. The van der Waals surface area contributed by atoms with Gasteiger partial charge < -0.3 is 9.64 Å². The number of carbonyl (C=O) groups excluding carboxylic acids is 2. The van der Waals surface area contributed by atoms with Crippen molar-refractivity contribution in [2.75, 3.05) is 13.7 Å². The van der Waals surface area contributed by atoms with Gasteiger partial charge in [-0.1, -0.05) is 13.8 Å². The van der Waals surface area contributed by atoms with E-state index in [9.17, 15) is 9.59 Å². The third kappa shape index (κ3) is 3.80. The summed E-state index contributed by atoms with van der Waals surface area (Å²) in [5, 5.41) is 2.41. The Morgan fingerprint density at radius 3 is 2.72 bits per heavy atom. The van der Waals surface area contributed by atoms with Crippen LogP contribution in [0.3, 0.4) is 0 Å². The van der Waals surface area contributed by atoms with Crippen molar-refractivity contribution in [3.63, 3.8) is 0 Å². The Labute approximate surface area is 111 Å². The van der Waals surface area contributed by atoms with Crippen molar-refractivity contribution in [3.8, 4) is 0 Å². The van der Waals surface area contributed by atoms with Crippen LogP contribution in [-0.4, -0.2) is 35.4 Å². The highest BCUT2D eigenvalue weighted by Gasteiger charge is 2.15. The van der Waals surface area contributed by atoms with Gasteiger partial charge in [-0.3, -0.25) is 4.79 Å². The second-order valence-electron chi connectivity index (χ2n) is 3.79. The molecule has 0 aromatic carbocycles. The predicted molar refractivity (Wildman–Crippen MR) is 69.5 cm³/mol. The van der Waals surface area contributed by atoms with Gasteiger partial charge in [0, 0.05) is 18.3 Å². The van der Waals surface area contributed by atoms with Gasteiger partial charge in [0.2, 0.25) is 5.91 Å². The molecule has 0 aliphatic carbocycles. The van der Waals surface area contributed by atoms with Crippen molar-refractivity contribution in [1.29, 1.82) is 0 Å². The van der Waals surface area contributed by atoms with Crippen molar-refractivity contribution in [1.82, 2.24) is 9.88 Å². The van der Waals surface area contributed by atoms with Crippen molar-refractivity contribution in [2.45, 2.75) is 33.2 Å². The zero-order chi connectivity index (χ0) is 13.5. The molecule has 100 valence electrons. The Morgan fingerprint density at radius 2 is 2.17 bits per heavy atom. The standard InChI is InChI=1S/C12H18N2O3S/c1-4-6-14(11(15)5-2)7-10-13-9(8-18-10)12(16)17-3/h8H,4-7H2,1-3H3. The summed E-state index contributed by atoms with van der Waals surface area (Å²) >= 11 is 1.37. The molecule has 0 bridgehead atoms.